The SMILES string of the molecule is CCOc1cccc(C(=O)C2CC3CCCC(C2)N3C(=O)OCC2c3ccccc3-c3ccccc32)c1. The molecule has 2 heterocycles. The second-order valence-corrected chi connectivity index (χ2v) is 10.4. The Bertz CT molecular complexity index is 1260. The monoisotopic (exact) mass is 495 g/mol. The van der Waals surface area contributed by atoms with Crippen LogP contribution in [0.5, 0.6) is 5.75 Å². The third-order valence-corrected chi connectivity index (χ3v) is 8.32. The van der Waals surface area contributed by atoms with Gasteiger partial charge in [-0.05, 0) is 73.4 Å². The Kier molecular flexibility index (Phi) is 6.45. The lowest BCUT2D eigenvalue weighted by molar-refractivity contribution is 0.00651. The number of amides is 1. The van der Waals surface area contributed by atoms with E-state index in [0.29, 0.717) is 31.6 Å². The van der Waals surface area contributed by atoms with Crippen molar-refractivity contribution in [3.8, 4) is 16.9 Å². The molecule has 0 spiro atoms. The summed E-state index contributed by atoms with van der Waals surface area (Å²) in [5.41, 5.74) is 5.58. The molecule has 0 N–H and O–H groups in total. The predicted octanol–water partition coefficient (Wildman–Crippen LogP) is 6.85. The van der Waals surface area contributed by atoms with Gasteiger partial charge < -0.3 is 14.4 Å². The number of ether oxygens (including phenoxy) is 2. The van der Waals surface area contributed by atoms with Crippen molar-refractivity contribution in [1.82, 2.24) is 4.90 Å². The summed E-state index contributed by atoms with van der Waals surface area (Å²) < 4.78 is 11.6. The lowest BCUT2D eigenvalue weighted by atomic mass is 9.76. The molecule has 3 aromatic carbocycles. The van der Waals surface area contributed by atoms with Gasteiger partial charge in [0, 0.05) is 29.5 Å². The fourth-order valence-corrected chi connectivity index (χ4v) is 6.70. The van der Waals surface area contributed by atoms with Gasteiger partial charge in [0.05, 0.1) is 6.61 Å². The van der Waals surface area contributed by atoms with Gasteiger partial charge in [0.2, 0.25) is 0 Å². The maximum atomic E-state index is 13.5. The molecule has 37 heavy (non-hydrogen) atoms. The van der Waals surface area contributed by atoms with Crippen LogP contribution in [0.3, 0.4) is 0 Å². The quantitative estimate of drug-likeness (QED) is 0.351. The van der Waals surface area contributed by atoms with Crippen molar-refractivity contribution in [3.63, 3.8) is 0 Å². The molecule has 2 unspecified atom stereocenters. The minimum atomic E-state index is -0.235. The number of hydrogen-bond acceptors (Lipinski definition) is 4. The van der Waals surface area contributed by atoms with E-state index in [2.05, 4.69) is 48.5 Å². The van der Waals surface area contributed by atoms with E-state index in [1.165, 1.54) is 22.3 Å². The van der Waals surface area contributed by atoms with E-state index in [-0.39, 0.29) is 35.8 Å². The zero-order chi connectivity index (χ0) is 25.4. The van der Waals surface area contributed by atoms with Crippen LogP contribution in [0.4, 0.5) is 4.79 Å². The smallest absolute Gasteiger partial charge is 0.410 e. The van der Waals surface area contributed by atoms with E-state index >= 15 is 0 Å². The molecular weight excluding hydrogens is 462 g/mol. The van der Waals surface area contributed by atoms with Crippen LogP contribution in [0.2, 0.25) is 0 Å². The van der Waals surface area contributed by atoms with E-state index in [1.54, 1.807) is 0 Å². The average molecular weight is 496 g/mol. The summed E-state index contributed by atoms with van der Waals surface area (Å²) in [6.45, 7) is 2.84. The summed E-state index contributed by atoms with van der Waals surface area (Å²) >= 11 is 0. The van der Waals surface area contributed by atoms with Crippen molar-refractivity contribution in [1.29, 1.82) is 0 Å². The first-order chi connectivity index (χ1) is 18.1. The number of benzene rings is 3. The van der Waals surface area contributed by atoms with Gasteiger partial charge in [-0.25, -0.2) is 4.79 Å². The van der Waals surface area contributed by atoms with Crippen LogP contribution in [-0.2, 0) is 4.74 Å². The zero-order valence-electron chi connectivity index (χ0n) is 21.3. The molecule has 2 bridgehead atoms. The molecule has 5 heteroatoms. The third-order valence-electron chi connectivity index (χ3n) is 8.32. The summed E-state index contributed by atoms with van der Waals surface area (Å²) in [7, 11) is 0. The summed E-state index contributed by atoms with van der Waals surface area (Å²) in [4.78, 5) is 28.8. The molecule has 0 radical (unpaired) electrons. The van der Waals surface area contributed by atoms with Gasteiger partial charge in [0.1, 0.15) is 12.4 Å². The van der Waals surface area contributed by atoms with Crippen molar-refractivity contribution >= 4 is 11.9 Å². The maximum absolute atomic E-state index is 13.5. The second kappa shape index (κ2) is 10.0. The van der Waals surface area contributed by atoms with Gasteiger partial charge in [0.15, 0.2) is 5.78 Å². The van der Waals surface area contributed by atoms with Crippen molar-refractivity contribution in [2.75, 3.05) is 13.2 Å². The molecule has 6 rings (SSSR count). The van der Waals surface area contributed by atoms with Gasteiger partial charge in [-0.1, -0.05) is 60.7 Å². The second-order valence-electron chi connectivity index (χ2n) is 10.4. The molecule has 3 aromatic rings. The summed E-state index contributed by atoms with van der Waals surface area (Å²) in [6.07, 6.45) is 4.08. The van der Waals surface area contributed by atoms with Gasteiger partial charge in [-0.2, -0.15) is 0 Å². The zero-order valence-corrected chi connectivity index (χ0v) is 21.3. The van der Waals surface area contributed by atoms with Gasteiger partial charge in [-0.15, -0.1) is 0 Å². The average Bonchev–Trinajstić information content (AvgIpc) is 3.24. The molecule has 2 fully saturated rings. The number of ketones is 1. The number of Topliss-reactive ketones (excluding diaryl/α,β-unsaturated/α-hetero) is 1. The van der Waals surface area contributed by atoms with Crippen LogP contribution < -0.4 is 4.74 Å². The van der Waals surface area contributed by atoms with Crippen molar-refractivity contribution in [2.45, 2.75) is 57.0 Å². The number of nitrogens with zero attached hydrogens (tertiary/aromatic N) is 1. The first-order valence-electron chi connectivity index (χ1n) is 13.5. The minimum Gasteiger partial charge on any atom is -0.494 e. The largest absolute Gasteiger partial charge is 0.494 e. The van der Waals surface area contributed by atoms with Crippen molar-refractivity contribution < 1.29 is 19.1 Å². The van der Waals surface area contributed by atoms with E-state index in [4.69, 9.17) is 9.47 Å². The van der Waals surface area contributed by atoms with Crippen LogP contribution >= 0.6 is 0 Å². The highest BCUT2D eigenvalue weighted by atomic mass is 16.6. The molecule has 1 aliphatic carbocycles. The lowest BCUT2D eigenvalue weighted by Crippen LogP contribution is -2.55. The molecule has 5 nitrogen and oxygen atoms in total. The van der Waals surface area contributed by atoms with Gasteiger partial charge >= 0.3 is 6.09 Å². The molecule has 2 saturated heterocycles. The molecule has 3 aliphatic rings. The molecule has 190 valence electrons. The fourth-order valence-electron chi connectivity index (χ4n) is 6.70. The highest BCUT2D eigenvalue weighted by Crippen LogP contribution is 2.45. The van der Waals surface area contributed by atoms with Gasteiger partial charge in [-0.3, -0.25) is 4.79 Å². The summed E-state index contributed by atoms with van der Waals surface area (Å²) in [5.74, 6) is 0.855. The minimum absolute atomic E-state index is 0.0483. The van der Waals surface area contributed by atoms with Crippen LogP contribution in [0.25, 0.3) is 11.1 Å². The standard InChI is InChI=1S/C32H33NO4/c1-2-36-25-12-7-9-21(19-25)31(34)22-17-23-10-8-11-24(18-22)33(23)32(35)37-20-30-28-15-5-3-13-26(28)27-14-4-6-16-29(27)30/h3-7,9,12-16,19,22-24,30H,2,8,10-11,17-18,20H2,1H3. The van der Waals surface area contributed by atoms with Crippen molar-refractivity contribution in [2.24, 2.45) is 5.92 Å². The Labute approximate surface area is 218 Å². The number of hydrogen-bond donors (Lipinski definition) is 0. The number of fused-ring (bicyclic) bond motifs is 5. The van der Waals surface area contributed by atoms with Crippen LogP contribution in [0, 0.1) is 5.92 Å². The molecule has 1 amide bonds. The topological polar surface area (TPSA) is 55.8 Å². The predicted molar refractivity (Wildman–Crippen MR) is 143 cm³/mol. The summed E-state index contributed by atoms with van der Waals surface area (Å²) in [6, 6.07) is 24.4. The van der Waals surface area contributed by atoms with Crippen LogP contribution in [0.1, 0.15) is 66.4 Å². The fraction of sp³-hybridized carbons (Fsp3) is 0.375. The van der Waals surface area contributed by atoms with Crippen LogP contribution in [-0.4, -0.2) is 42.1 Å². The van der Waals surface area contributed by atoms with E-state index in [1.807, 2.05) is 36.1 Å². The molecule has 0 aromatic heterocycles. The Hall–Kier alpha value is -3.60. The molecular formula is C32H33NO4. The van der Waals surface area contributed by atoms with E-state index in [0.717, 1.165) is 25.0 Å². The van der Waals surface area contributed by atoms with Crippen molar-refractivity contribution in [3.05, 3.63) is 89.5 Å². The Morgan fingerprint density at radius 1 is 0.865 bits per heavy atom. The normalized spacial score (nSPS) is 22.2. The molecule has 0 saturated carbocycles. The highest BCUT2D eigenvalue weighted by molar-refractivity contribution is 5.98. The first-order valence-corrected chi connectivity index (χ1v) is 13.5. The number of carbonyl (C=O) groups excluding carboxylic acids is 2. The number of rotatable bonds is 6. The van der Waals surface area contributed by atoms with Gasteiger partial charge in [0.25, 0.3) is 0 Å². The number of piperidine rings is 2. The number of carbonyl (C=O) groups is 2. The Morgan fingerprint density at radius 3 is 2.16 bits per heavy atom. The van der Waals surface area contributed by atoms with E-state index in [9.17, 15) is 9.59 Å². The Balaban J connectivity index is 1.15. The Morgan fingerprint density at radius 2 is 1.51 bits per heavy atom. The highest BCUT2D eigenvalue weighted by Gasteiger charge is 2.44. The lowest BCUT2D eigenvalue weighted by Gasteiger charge is -2.47. The first kappa shape index (κ1) is 23.8. The molecule has 2 atom stereocenters. The maximum Gasteiger partial charge on any atom is 0.410 e. The molecule has 2 aliphatic heterocycles. The third kappa shape index (κ3) is 4.41. The van der Waals surface area contributed by atoms with E-state index < -0.39 is 0 Å². The summed E-state index contributed by atoms with van der Waals surface area (Å²) in [5, 5.41) is 0. The van der Waals surface area contributed by atoms with Crippen LogP contribution in [0.15, 0.2) is 72.8 Å².